The number of halogens is 1. The molecule has 1 aliphatic heterocycles. The number of benzene rings is 3. The maximum atomic E-state index is 13.4. The van der Waals surface area contributed by atoms with Gasteiger partial charge in [-0.3, -0.25) is 0 Å². The second kappa shape index (κ2) is 7.90. The molecular weight excluding hydrogens is 373 g/mol. The van der Waals surface area contributed by atoms with E-state index in [-0.39, 0.29) is 11.6 Å². The van der Waals surface area contributed by atoms with E-state index in [1.54, 1.807) is 54.6 Å². The maximum absolute atomic E-state index is 13.4. The van der Waals surface area contributed by atoms with Crippen LogP contribution in [-0.4, -0.2) is 17.8 Å². The summed E-state index contributed by atoms with van der Waals surface area (Å²) in [5, 5.41) is 0. The topological polar surface area (TPSA) is 65.0 Å². The minimum absolute atomic E-state index is 0.0346. The number of carbonyl (C=O) groups is 2. The molecule has 3 aromatic carbocycles. The molecule has 0 aliphatic carbocycles. The van der Waals surface area contributed by atoms with Crippen LogP contribution < -0.4 is 4.74 Å². The van der Waals surface area contributed by atoms with Crippen molar-refractivity contribution in [3.63, 3.8) is 0 Å². The zero-order valence-electron chi connectivity index (χ0n) is 15.0. The Morgan fingerprint density at radius 2 is 1.76 bits per heavy atom. The van der Waals surface area contributed by atoms with Gasteiger partial charge in [0.05, 0.1) is 5.56 Å². The molecule has 0 unspecified atom stereocenters. The molecule has 0 bridgehead atoms. The predicted molar refractivity (Wildman–Crippen MR) is 105 cm³/mol. The van der Waals surface area contributed by atoms with Crippen molar-refractivity contribution in [2.45, 2.75) is 0 Å². The van der Waals surface area contributed by atoms with Gasteiger partial charge in [0, 0.05) is 5.56 Å². The molecule has 3 aromatic rings. The lowest BCUT2D eigenvalue weighted by Gasteiger charge is -2.05. The van der Waals surface area contributed by atoms with Crippen molar-refractivity contribution in [3.05, 3.63) is 107 Å². The molecule has 6 heteroatoms. The van der Waals surface area contributed by atoms with E-state index in [9.17, 15) is 14.0 Å². The number of nitrogens with zero attached hydrogens (tertiary/aromatic N) is 1. The molecule has 0 aromatic heterocycles. The first-order valence-electron chi connectivity index (χ1n) is 8.74. The molecule has 0 saturated carbocycles. The van der Waals surface area contributed by atoms with Crippen molar-refractivity contribution in [2.75, 3.05) is 0 Å². The van der Waals surface area contributed by atoms with Crippen LogP contribution in [0.4, 0.5) is 4.39 Å². The highest BCUT2D eigenvalue weighted by Crippen LogP contribution is 2.22. The van der Waals surface area contributed by atoms with Crippen LogP contribution in [0.2, 0.25) is 0 Å². The molecule has 4 rings (SSSR count). The van der Waals surface area contributed by atoms with Crippen molar-refractivity contribution in [1.82, 2.24) is 0 Å². The van der Waals surface area contributed by atoms with E-state index in [0.29, 0.717) is 22.4 Å². The first kappa shape index (κ1) is 18.3. The molecule has 29 heavy (non-hydrogen) atoms. The quantitative estimate of drug-likeness (QED) is 0.378. The van der Waals surface area contributed by atoms with Gasteiger partial charge in [-0.2, -0.15) is 0 Å². The van der Waals surface area contributed by atoms with Gasteiger partial charge in [-0.05, 0) is 54.1 Å². The van der Waals surface area contributed by atoms with Gasteiger partial charge in [-0.1, -0.05) is 36.4 Å². The standard InChI is InChI=1S/C23H14FNO4/c24-18-10-5-9-17(14-18)21-25-20(23(27)29-21)13-15-6-4-11-19(12-15)28-22(26)16-7-2-1-3-8-16/h1-14H/b20-13-. The van der Waals surface area contributed by atoms with Gasteiger partial charge < -0.3 is 9.47 Å². The van der Waals surface area contributed by atoms with Crippen molar-refractivity contribution >= 4 is 23.9 Å². The van der Waals surface area contributed by atoms with E-state index < -0.39 is 17.8 Å². The SMILES string of the molecule is O=C1OC(c2cccc(F)c2)=N/C1=C\c1cccc(OC(=O)c2ccccc2)c1. The van der Waals surface area contributed by atoms with Crippen molar-refractivity contribution in [3.8, 4) is 5.75 Å². The van der Waals surface area contributed by atoms with Gasteiger partial charge in [0.1, 0.15) is 11.6 Å². The first-order valence-corrected chi connectivity index (χ1v) is 8.74. The summed E-state index contributed by atoms with van der Waals surface area (Å²) in [6.07, 6.45) is 1.51. The third-order valence-corrected chi connectivity index (χ3v) is 4.07. The zero-order valence-corrected chi connectivity index (χ0v) is 15.0. The number of ether oxygens (including phenoxy) is 2. The third kappa shape index (κ3) is 4.27. The summed E-state index contributed by atoms with van der Waals surface area (Å²) in [7, 11) is 0. The molecule has 0 atom stereocenters. The predicted octanol–water partition coefficient (Wildman–Crippen LogP) is 4.39. The van der Waals surface area contributed by atoms with E-state index in [1.165, 1.54) is 24.3 Å². The van der Waals surface area contributed by atoms with Crippen LogP contribution in [0.1, 0.15) is 21.5 Å². The fourth-order valence-corrected chi connectivity index (χ4v) is 2.72. The molecule has 0 saturated heterocycles. The fourth-order valence-electron chi connectivity index (χ4n) is 2.72. The Morgan fingerprint density at radius 1 is 0.966 bits per heavy atom. The fraction of sp³-hybridized carbons (Fsp3) is 0. The van der Waals surface area contributed by atoms with Crippen molar-refractivity contribution in [1.29, 1.82) is 0 Å². The smallest absolute Gasteiger partial charge is 0.363 e. The average molecular weight is 387 g/mol. The number of aliphatic imine (C=N–C) groups is 1. The number of hydrogen-bond donors (Lipinski definition) is 0. The minimum atomic E-state index is -0.643. The van der Waals surface area contributed by atoms with E-state index in [1.807, 2.05) is 6.07 Å². The Balaban J connectivity index is 1.56. The van der Waals surface area contributed by atoms with Crippen molar-refractivity contribution < 1.29 is 23.5 Å². The highest BCUT2D eigenvalue weighted by Gasteiger charge is 2.24. The van der Waals surface area contributed by atoms with E-state index in [2.05, 4.69) is 4.99 Å². The molecule has 0 fully saturated rings. The lowest BCUT2D eigenvalue weighted by molar-refractivity contribution is -0.129. The summed E-state index contributed by atoms with van der Waals surface area (Å²) in [5.74, 6) is -1.22. The summed E-state index contributed by atoms with van der Waals surface area (Å²) >= 11 is 0. The number of cyclic esters (lactones) is 1. The normalized spacial score (nSPS) is 14.4. The molecule has 0 radical (unpaired) electrons. The lowest BCUT2D eigenvalue weighted by atomic mass is 10.2. The Morgan fingerprint density at radius 3 is 2.55 bits per heavy atom. The van der Waals surface area contributed by atoms with Gasteiger partial charge in [-0.25, -0.2) is 19.0 Å². The summed E-state index contributed by atoms with van der Waals surface area (Å²) < 4.78 is 23.9. The van der Waals surface area contributed by atoms with E-state index >= 15 is 0 Å². The zero-order chi connectivity index (χ0) is 20.2. The van der Waals surface area contributed by atoms with Gasteiger partial charge in [0.25, 0.3) is 0 Å². The van der Waals surface area contributed by atoms with Gasteiger partial charge >= 0.3 is 11.9 Å². The maximum Gasteiger partial charge on any atom is 0.363 e. The van der Waals surface area contributed by atoms with E-state index in [0.717, 1.165) is 0 Å². The van der Waals surface area contributed by atoms with Crippen molar-refractivity contribution in [2.24, 2.45) is 4.99 Å². The number of rotatable bonds is 4. The van der Waals surface area contributed by atoms with Crippen LogP contribution in [0.25, 0.3) is 6.08 Å². The highest BCUT2D eigenvalue weighted by atomic mass is 19.1. The van der Waals surface area contributed by atoms with Crippen LogP contribution in [0, 0.1) is 5.82 Å². The second-order valence-electron chi connectivity index (χ2n) is 6.17. The monoisotopic (exact) mass is 387 g/mol. The molecule has 0 spiro atoms. The molecule has 5 nitrogen and oxygen atoms in total. The molecule has 142 valence electrons. The summed E-state index contributed by atoms with van der Waals surface area (Å²) in [5.41, 5.74) is 1.46. The molecular formula is C23H14FNO4. The first-order chi connectivity index (χ1) is 14.1. The Labute approximate surface area is 165 Å². The molecule has 0 N–H and O–H groups in total. The van der Waals surface area contributed by atoms with Gasteiger partial charge in [-0.15, -0.1) is 0 Å². The average Bonchev–Trinajstić information content (AvgIpc) is 3.09. The largest absolute Gasteiger partial charge is 0.423 e. The lowest BCUT2D eigenvalue weighted by Crippen LogP contribution is -2.08. The summed E-state index contributed by atoms with van der Waals surface area (Å²) in [4.78, 5) is 28.4. The highest BCUT2D eigenvalue weighted by molar-refractivity contribution is 6.12. The van der Waals surface area contributed by atoms with Crippen LogP contribution >= 0.6 is 0 Å². The molecule has 1 aliphatic rings. The number of hydrogen-bond acceptors (Lipinski definition) is 5. The summed E-state index contributed by atoms with van der Waals surface area (Å²) in [6, 6.07) is 20.9. The summed E-state index contributed by atoms with van der Waals surface area (Å²) in [6.45, 7) is 0. The van der Waals surface area contributed by atoms with E-state index in [4.69, 9.17) is 9.47 Å². The Bertz CT molecular complexity index is 1150. The van der Waals surface area contributed by atoms with Gasteiger partial charge in [0.2, 0.25) is 5.90 Å². The second-order valence-corrected chi connectivity index (χ2v) is 6.17. The van der Waals surface area contributed by atoms with Crippen LogP contribution in [-0.2, 0) is 9.53 Å². The van der Waals surface area contributed by atoms with Gasteiger partial charge in [0.15, 0.2) is 5.70 Å². The van der Waals surface area contributed by atoms with Crippen LogP contribution in [0.15, 0.2) is 89.6 Å². The molecule has 1 heterocycles. The minimum Gasteiger partial charge on any atom is -0.423 e. The number of esters is 2. The third-order valence-electron chi connectivity index (χ3n) is 4.07. The Hall–Kier alpha value is -4.06. The van der Waals surface area contributed by atoms with Crippen LogP contribution in [0.3, 0.4) is 0 Å². The Kier molecular flexibility index (Phi) is 4.99. The molecule has 0 amide bonds. The van der Waals surface area contributed by atoms with Crippen LogP contribution in [0.5, 0.6) is 5.75 Å². The number of carbonyl (C=O) groups excluding carboxylic acids is 2.